The van der Waals surface area contributed by atoms with Gasteiger partial charge in [-0.2, -0.15) is 0 Å². The van der Waals surface area contributed by atoms with Gasteiger partial charge in [-0.05, 0) is 11.6 Å². The topological polar surface area (TPSA) is 58.5 Å². The van der Waals surface area contributed by atoms with Gasteiger partial charge in [-0.25, -0.2) is 4.98 Å². The molecule has 0 atom stereocenters. The lowest BCUT2D eigenvalue weighted by Gasteiger charge is -2.12. The number of benzene rings is 1. The number of rotatable bonds is 5. The van der Waals surface area contributed by atoms with Crippen LogP contribution in [0.25, 0.3) is 0 Å². The maximum Gasteiger partial charge on any atom is 0.218 e. The lowest BCUT2D eigenvalue weighted by molar-refractivity contribution is 0.290. The molecule has 0 aliphatic rings. The minimum absolute atomic E-state index is 0.506. The number of pyridine rings is 1. The SMILES string of the molecule is CN=C(NC)NCc1cccnc1OCc1ccccc1. The Balaban J connectivity index is 2.00. The molecule has 5 nitrogen and oxygen atoms in total. The first-order valence-corrected chi connectivity index (χ1v) is 6.82. The molecule has 2 aromatic rings. The molecule has 0 spiro atoms. The molecule has 0 fully saturated rings. The first kappa shape index (κ1) is 14.8. The zero-order valence-electron chi connectivity index (χ0n) is 12.3. The lowest BCUT2D eigenvalue weighted by Crippen LogP contribution is -2.34. The highest BCUT2D eigenvalue weighted by molar-refractivity contribution is 5.79. The van der Waals surface area contributed by atoms with Gasteiger partial charge in [-0.3, -0.25) is 4.99 Å². The highest BCUT2D eigenvalue weighted by Gasteiger charge is 2.05. The summed E-state index contributed by atoms with van der Waals surface area (Å²) in [5.74, 6) is 1.37. The summed E-state index contributed by atoms with van der Waals surface area (Å²) < 4.78 is 5.81. The van der Waals surface area contributed by atoms with Gasteiger partial charge in [0.1, 0.15) is 6.61 Å². The Bertz CT molecular complexity index is 584. The third-order valence-electron chi connectivity index (χ3n) is 2.98. The number of aromatic nitrogens is 1. The molecule has 2 rings (SSSR count). The molecule has 2 N–H and O–H groups in total. The molecule has 5 heteroatoms. The van der Waals surface area contributed by atoms with Crippen molar-refractivity contribution < 1.29 is 4.74 Å². The molecule has 0 saturated heterocycles. The van der Waals surface area contributed by atoms with Crippen LogP contribution in [-0.4, -0.2) is 25.0 Å². The Morgan fingerprint density at radius 1 is 1.19 bits per heavy atom. The van der Waals surface area contributed by atoms with Gasteiger partial charge in [0.15, 0.2) is 5.96 Å². The number of nitrogens with zero attached hydrogens (tertiary/aromatic N) is 2. The fourth-order valence-electron chi connectivity index (χ4n) is 1.87. The largest absolute Gasteiger partial charge is 0.473 e. The van der Waals surface area contributed by atoms with E-state index < -0.39 is 0 Å². The van der Waals surface area contributed by atoms with Gasteiger partial charge in [0.25, 0.3) is 0 Å². The summed E-state index contributed by atoms with van der Waals surface area (Å²) in [6, 6.07) is 13.9. The van der Waals surface area contributed by atoms with Gasteiger partial charge < -0.3 is 15.4 Å². The average molecular weight is 284 g/mol. The molecule has 0 saturated carbocycles. The number of guanidine groups is 1. The fraction of sp³-hybridized carbons (Fsp3) is 0.250. The Hall–Kier alpha value is -2.56. The van der Waals surface area contributed by atoms with E-state index in [1.54, 1.807) is 13.2 Å². The van der Waals surface area contributed by atoms with Crippen LogP contribution in [0.5, 0.6) is 5.88 Å². The molecule has 21 heavy (non-hydrogen) atoms. The second kappa shape index (κ2) is 7.89. The molecule has 1 heterocycles. The minimum Gasteiger partial charge on any atom is -0.473 e. The Morgan fingerprint density at radius 3 is 2.71 bits per heavy atom. The molecule has 0 radical (unpaired) electrons. The van der Waals surface area contributed by atoms with Crippen molar-refractivity contribution in [2.45, 2.75) is 13.2 Å². The zero-order chi connectivity index (χ0) is 14.9. The van der Waals surface area contributed by atoms with E-state index in [1.165, 1.54) is 0 Å². The van der Waals surface area contributed by atoms with Crippen molar-refractivity contribution in [2.24, 2.45) is 4.99 Å². The van der Waals surface area contributed by atoms with Crippen molar-refractivity contribution >= 4 is 5.96 Å². The summed E-state index contributed by atoms with van der Waals surface area (Å²) in [5.41, 5.74) is 2.11. The van der Waals surface area contributed by atoms with Crippen LogP contribution in [0, 0.1) is 0 Å². The van der Waals surface area contributed by atoms with Crippen LogP contribution < -0.4 is 15.4 Å². The highest BCUT2D eigenvalue weighted by Crippen LogP contribution is 2.15. The molecule has 0 amide bonds. The summed E-state index contributed by atoms with van der Waals surface area (Å²) in [7, 11) is 3.56. The normalized spacial score (nSPS) is 11.0. The van der Waals surface area contributed by atoms with Gasteiger partial charge in [-0.1, -0.05) is 36.4 Å². The Labute approximate surface area is 125 Å². The van der Waals surface area contributed by atoms with Crippen molar-refractivity contribution in [1.29, 1.82) is 0 Å². The molecule has 0 aliphatic carbocycles. The predicted molar refractivity (Wildman–Crippen MR) is 84.3 cm³/mol. The Morgan fingerprint density at radius 2 is 2.00 bits per heavy atom. The first-order chi connectivity index (χ1) is 10.3. The predicted octanol–water partition coefficient (Wildman–Crippen LogP) is 1.96. The standard InChI is InChI=1S/C16H20N4O/c1-17-16(18-2)20-11-14-9-6-10-19-15(14)21-12-13-7-4-3-5-8-13/h3-10H,11-12H2,1-2H3,(H2,17,18,20). The second-order valence-corrected chi connectivity index (χ2v) is 4.42. The van der Waals surface area contributed by atoms with E-state index in [4.69, 9.17) is 4.74 Å². The molecule has 110 valence electrons. The van der Waals surface area contributed by atoms with Crippen LogP contribution in [0.2, 0.25) is 0 Å². The maximum absolute atomic E-state index is 5.81. The number of hydrogen-bond donors (Lipinski definition) is 2. The summed E-state index contributed by atoms with van der Waals surface area (Å²) >= 11 is 0. The smallest absolute Gasteiger partial charge is 0.218 e. The van der Waals surface area contributed by atoms with Crippen LogP contribution in [0.1, 0.15) is 11.1 Å². The molecule has 0 unspecified atom stereocenters. The van der Waals surface area contributed by atoms with Crippen LogP contribution in [0.15, 0.2) is 53.7 Å². The monoisotopic (exact) mass is 284 g/mol. The molecule has 0 bridgehead atoms. The van der Waals surface area contributed by atoms with E-state index in [2.05, 4.69) is 20.6 Å². The van der Waals surface area contributed by atoms with Crippen molar-refractivity contribution in [3.05, 3.63) is 59.8 Å². The van der Waals surface area contributed by atoms with Crippen molar-refractivity contribution in [3.63, 3.8) is 0 Å². The van der Waals surface area contributed by atoms with Crippen molar-refractivity contribution in [1.82, 2.24) is 15.6 Å². The first-order valence-electron chi connectivity index (χ1n) is 6.82. The average Bonchev–Trinajstić information content (AvgIpc) is 2.56. The lowest BCUT2D eigenvalue weighted by atomic mass is 10.2. The Kier molecular flexibility index (Phi) is 5.58. The van der Waals surface area contributed by atoms with Crippen molar-refractivity contribution in [3.8, 4) is 5.88 Å². The van der Waals surface area contributed by atoms with Crippen LogP contribution in [-0.2, 0) is 13.2 Å². The van der Waals surface area contributed by atoms with Gasteiger partial charge in [0.2, 0.25) is 5.88 Å². The van der Waals surface area contributed by atoms with Gasteiger partial charge >= 0.3 is 0 Å². The van der Waals surface area contributed by atoms with Crippen LogP contribution in [0.4, 0.5) is 0 Å². The number of nitrogens with one attached hydrogen (secondary N) is 2. The molecular formula is C16H20N4O. The summed E-state index contributed by atoms with van der Waals surface area (Å²) in [6.07, 6.45) is 1.73. The summed E-state index contributed by atoms with van der Waals surface area (Å²) in [6.45, 7) is 1.11. The highest BCUT2D eigenvalue weighted by atomic mass is 16.5. The quantitative estimate of drug-likeness (QED) is 0.651. The molecule has 0 aliphatic heterocycles. The molecule has 1 aromatic heterocycles. The van der Waals surface area contributed by atoms with E-state index in [9.17, 15) is 0 Å². The molecular weight excluding hydrogens is 264 g/mol. The second-order valence-electron chi connectivity index (χ2n) is 4.42. The van der Waals surface area contributed by atoms with E-state index >= 15 is 0 Å². The van der Waals surface area contributed by atoms with Gasteiger partial charge in [0.05, 0.1) is 0 Å². The fourth-order valence-corrected chi connectivity index (χ4v) is 1.87. The van der Waals surface area contributed by atoms with E-state index in [0.717, 1.165) is 17.1 Å². The van der Waals surface area contributed by atoms with E-state index in [-0.39, 0.29) is 0 Å². The third kappa shape index (κ3) is 4.49. The minimum atomic E-state index is 0.506. The van der Waals surface area contributed by atoms with E-state index in [1.807, 2.05) is 49.5 Å². The number of hydrogen-bond acceptors (Lipinski definition) is 3. The molecule has 1 aromatic carbocycles. The van der Waals surface area contributed by atoms with Crippen LogP contribution >= 0.6 is 0 Å². The van der Waals surface area contributed by atoms with Crippen molar-refractivity contribution in [2.75, 3.05) is 14.1 Å². The summed E-state index contributed by atoms with van der Waals surface area (Å²) in [4.78, 5) is 8.38. The maximum atomic E-state index is 5.81. The summed E-state index contributed by atoms with van der Waals surface area (Å²) in [5, 5.41) is 6.17. The number of ether oxygens (including phenoxy) is 1. The zero-order valence-corrected chi connectivity index (χ0v) is 12.3. The van der Waals surface area contributed by atoms with Gasteiger partial charge in [-0.15, -0.1) is 0 Å². The third-order valence-corrected chi connectivity index (χ3v) is 2.98. The van der Waals surface area contributed by atoms with Crippen LogP contribution in [0.3, 0.4) is 0 Å². The number of aliphatic imine (C=N–C) groups is 1. The van der Waals surface area contributed by atoms with Gasteiger partial charge in [0, 0.05) is 32.4 Å². The van der Waals surface area contributed by atoms with E-state index in [0.29, 0.717) is 19.0 Å².